The van der Waals surface area contributed by atoms with Crippen molar-refractivity contribution in [1.82, 2.24) is 0 Å². The number of nitrogens with one attached hydrogen (secondary N) is 2. The summed E-state index contributed by atoms with van der Waals surface area (Å²) < 4.78 is 0. The summed E-state index contributed by atoms with van der Waals surface area (Å²) in [6.45, 7) is 9.74. The molecule has 0 spiro atoms. The molecule has 210 valence electrons. The lowest BCUT2D eigenvalue weighted by Crippen LogP contribution is -2.02. The Morgan fingerprint density at radius 3 is 1.08 bits per heavy atom. The molecule has 0 unspecified atom stereocenters. The van der Waals surface area contributed by atoms with Gasteiger partial charge in [0, 0.05) is 24.5 Å². The quantitative estimate of drug-likeness (QED) is 0.101. The van der Waals surface area contributed by atoms with Gasteiger partial charge in [-0.25, -0.2) is 0 Å². The number of anilines is 2. The molecule has 0 aliphatic heterocycles. The number of hydrogen-bond acceptors (Lipinski definition) is 2. The molecule has 0 aliphatic carbocycles. The lowest BCUT2D eigenvalue weighted by Gasteiger charge is -2.09. The van der Waals surface area contributed by atoms with E-state index >= 15 is 0 Å². The van der Waals surface area contributed by atoms with E-state index < -0.39 is 0 Å². The molecular formula is C36H56N2. The fraction of sp³-hybridized carbons (Fsp3) is 0.556. The van der Waals surface area contributed by atoms with Crippen LogP contribution in [0.2, 0.25) is 0 Å². The molecule has 0 saturated heterocycles. The van der Waals surface area contributed by atoms with Crippen molar-refractivity contribution in [2.24, 2.45) is 0 Å². The zero-order chi connectivity index (χ0) is 26.9. The van der Waals surface area contributed by atoms with Crippen molar-refractivity contribution < 1.29 is 0 Å². The predicted octanol–water partition coefficient (Wildman–Crippen LogP) is 10.9. The van der Waals surface area contributed by atoms with Crippen LogP contribution in [0.25, 0.3) is 0 Å². The van der Waals surface area contributed by atoms with Crippen molar-refractivity contribution >= 4 is 11.4 Å². The molecule has 0 aromatic heterocycles. The fourth-order valence-corrected chi connectivity index (χ4v) is 4.93. The summed E-state index contributed by atoms with van der Waals surface area (Å²) in [6, 6.07) is 18.1. The molecule has 0 fully saturated rings. The Labute approximate surface area is 235 Å². The van der Waals surface area contributed by atoms with Gasteiger partial charge in [0.1, 0.15) is 0 Å². The summed E-state index contributed by atoms with van der Waals surface area (Å²) in [5.41, 5.74) is 5.32. The Bertz CT molecular complexity index is 750. The fourth-order valence-electron chi connectivity index (χ4n) is 4.93. The third kappa shape index (κ3) is 16.4. The first-order valence-electron chi connectivity index (χ1n) is 15.7. The number of aryl methyl sites for hydroxylation is 2. The summed E-state index contributed by atoms with van der Waals surface area (Å²) in [6.07, 6.45) is 27.3. The van der Waals surface area contributed by atoms with Crippen LogP contribution < -0.4 is 10.6 Å². The van der Waals surface area contributed by atoms with Gasteiger partial charge in [-0.3, -0.25) is 0 Å². The van der Waals surface area contributed by atoms with Gasteiger partial charge >= 0.3 is 0 Å². The molecule has 2 heteroatoms. The largest absolute Gasteiger partial charge is 0.385 e. The van der Waals surface area contributed by atoms with Crippen LogP contribution in [0.15, 0.2) is 73.8 Å². The standard InChI is InChI=1S/C36H56N2/c1-3-5-7-9-11-13-15-17-19-31-37-35-27-23-33(24-28-35)21-22-34-25-29-36(30-26-34)38-32-20-18-16-14-12-10-8-6-4-2/h3-4,23-30,37-38H,1-2,5-22,31-32H2. The van der Waals surface area contributed by atoms with Crippen LogP contribution in [-0.4, -0.2) is 13.1 Å². The van der Waals surface area contributed by atoms with Crippen LogP contribution in [0.1, 0.15) is 114 Å². The van der Waals surface area contributed by atoms with Crippen molar-refractivity contribution in [2.45, 2.75) is 116 Å². The maximum atomic E-state index is 3.79. The topological polar surface area (TPSA) is 24.1 Å². The smallest absolute Gasteiger partial charge is 0.0340 e. The Morgan fingerprint density at radius 2 is 0.737 bits per heavy atom. The highest BCUT2D eigenvalue weighted by Crippen LogP contribution is 2.16. The van der Waals surface area contributed by atoms with Gasteiger partial charge in [-0.15, -0.1) is 13.2 Å². The molecule has 2 nitrogen and oxygen atoms in total. The molecular weight excluding hydrogens is 460 g/mol. The second kappa shape index (κ2) is 22.5. The van der Waals surface area contributed by atoms with Crippen molar-refractivity contribution in [2.75, 3.05) is 23.7 Å². The van der Waals surface area contributed by atoms with Crippen LogP contribution in [0.5, 0.6) is 0 Å². The van der Waals surface area contributed by atoms with Crippen molar-refractivity contribution in [3.63, 3.8) is 0 Å². The van der Waals surface area contributed by atoms with Crippen LogP contribution in [0.4, 0.5) is 11.4 Å². The molecule has 0 bridgehead atoms. The summed E-state index contributed by atoms with van der Waals surface area (Å²) in [5, 5.41) is 7.18. The number of benzene rings is 2. The first kappa shape index (κ1) is 31.7. The highest BCUT2D eigenvalue weighted by Gasteiger charge is 1.99. The summed E-state index contributed by atoms with van der Waals surface area (Å²) in [5.74, 6) is 0. The van der Waals surface area contributed by atoms with E-state index in [1.165, 1.54) is 125 Å². The number of unbranched alkanes of at least 4 members (excludes halogenated alkanes) is 14. The third-order valence-corrected chi connectivity index (χ3v) is 7.44. The van der Waals surface area contributed by atoms with Crippen molar-refractivity contribution in [1.29, 1.82) is 0 Å². The van der Waals surface area contributed by atoms with Gasteiger partial charge in [0.05, 0.1) is 0 Å². The highest BCUT2D eigenvalue weighted by atomic mass is 14.9. The average Bonchev–Trinajstić information content (AvgIpc) is 2.95. The zero-order valence-electron chi connectivity index (χ0n) is 24.3. The molecule has 2 aromatic carbocycles. The minimum atomic E-state index is 1.08. The van der Waals surface area contributed by atoms with E-state index in [9.17, 15) is 0 Å². The van der Waals surface area contributed by atoms with Crippen LogP contribution in [0.3, 0.4) is 0 Å². The van der Waals surface area contributed by atoms with E-state index in [0.29, 0.717) is 0 Å². The van der Waals surface area contributed by atoms with Crippen molar-refractivity contribution in [3.8, 4) is 0 Å². The molecule has 0 radical (unpaired) electrons. The molecule has 38 heavy (non-hydrogen) atoms. The molecule has 2 rings (SSSR count). The number of hydrogen-bond donors (Lipinski definition) is 2. The van der Waals surface area contributed by atoms with Gasteiger partial charge in [0.15, 0.2) is 0 Å². The maximum absolute atomic E-state index is 3.79. The normalized spacial score (nSPS) is 10.8. The molecule has 0 saturated carbocycles. The van der Waals surface area contributed by atoms with Crippen LogP contribution in [0, 0.1) is 0 Å². The van der Waals surface area contributed by atoms with Gasteiger partial charge in [-0.05, 0) is 86.8 Å². The molecule has 0 heterocycles. The SMILES string of the molecule is C=CCCCCCCCCCNc1ccc(CCc2ccc(NCCCCCCCCCC=C)cc2)cc1. The molecule has 0 aliphatic rings. The second-order valence-electron chi connectivity index (χ2n) is 10.9. The monoisotopic (exact) mass is 516 g/mol. The highest BCUT2D eigenvalue weighted by molar-refractivity contribution is 5.46. The van der Waals surface area contributed by atoms with E-state index in [2.05, 4.69) is 72.3 Å². The predicted molar refractivity (Wildman–Crippen MR) is 172 cm³/mol. The van der Waals surface area contributed by atoms with Crippen LogP contribution >= 0.6 is 0 Å². The third-order valence-electron chi connectivity index (χ3n) is 7.44. The van der Waals surface area contributed by atoms with Gasteiger partial charge in [-0.2, -0.15) is 0 Å². The second-order valence-corrected chi connectivity index (χ2v) is 10.9. The molecule has 2 aromatic rings. The average molecular weight is 517 g/mol. The Hall–Kier alpha value is -2.48. The van der Waals surface area contributed by atoms with Gasteiger partial charge < -0.3 is 10.6 Å². The van der Waals surface area contributed by atoms with Crippen molar-refractivity contribution in [3.05, 3.63) is 85.0 Å². The minimum Gasteiger partial charge on any atom is -0.385 e. The maximum Gasteiger partial charge on any atom is 0.0340 e. The first-order valence-corrected chi connectivity index (χ1v) is 15.7. The number of allylic oxidation sites excluding steroid dienone is 2. The van der Waals surface area contributed by atoms with E-state index in [1.54, 1.807) is 0 Å². The molecule has 0 atom stereocenters. The van der Waals surface area contributed by atoms with Crippen LogP contribution in [-0.2, 0) is 12.8 Å². The summed E-state index contributed by atoms with van der Waals surface area (Å²) >= 11 is 0. The van der Waals surface area contributed by atoms with Gasteiger partial charge in [0.25, 0.3) is 0 Å². The van der Waals surface area contributed by atoms with E-state index in [4.69, 9.17) is 0 Å². The summed E-state index contributed by atoms with van der Waals surface area (Å²) in [4.78, 5) is 0. The Balaban J connectivity index is 1.49. The summed E-state index contributed by atoms with van der Waals surface area (Å²) in [7, 11) is 0. The molecule has 2 N–H and O–H groups in total. The Morgan fingerprint density at radius 1 is 0.421 bits per heavy atom. The molecule has 0 amide bonds. The van der Waals surface area contributed by atoms with E-state index in [0.717, 1.165) is 25.9 Å². The zero-order valence-corrected chi connectivity index (χ0v) is 24.3. The first-order chi connectivity index (χ1) is 18.8. The van der Waals surface area contributed by atoms with Gasteiger partial charge in [0.2, 0.25) is 0 Å². The lowest BCUT2D eigenvalue weighted by atomic mass is 10.0. The minimum absolute atomic E-state index is 1.08. The van der Waals surface area contributed by atoms with E-state index in [-0.39, 0.29) is 0 Å². The Kier molecular flexibility index (Phi) is 18.8. The number of rotatable bonds is 25. The van der Waals surface area contributed by atoms with E-state index in [1.807, 2.05) is 12.2 Å². The lowest BCUT2D eigenvalue weighted by molar-refractivity contribution is 0.587. The van der Waals surface area contributed by atoms with Gasteiger partial charge in [-0.1, -0.05) is 101 Å².